The topological polar surface area (TPSA) is 32.7 Å². The van der Waals surface area contributed by atoms with Gasteiger partial charge in [-0.15, -0.1) is 0 Å². The van der Waals surface area contributed by atoms with Gasteiger partial charge in [-0.2, -0.15) is 0 Å². The molecule has 1 rings (SSSR count). The molecule has 0 aliphatic carbocycles. The summed E-state index contributed by atoms with van der Waals surface area (Å²) in [6, 6.07) is 0. The number of unbranched alkanes of at least 4 members (excludes halogenated alkanes) is 1. The summed E-state index contributed by atoms with van der Waals surface area (Å²) < 4.78 is 0. The average molecular weight is 200 g/mol. The normalized spacial score (nSPS) is 20.3. The molecule has 0 unspecified atom stereocenters. The van der Waals surface area contributed by atoms with Gasteiger partial charge in [0.15, 0.2) is 5.17 Å². The maximum atomic E-state index is 11.3. The van der Waals surface area contributed by atoms with E-state index in [9.17, 15) is 4.79 Å². The van der Waals surface area contributed by atoms with Crippen molar-refractivity contribution in [3.8, 4) is 0 Å². The third-order valence-electron chi connectivity index (χ3n) is 1.93. The monoisotopic (exact) mass is 200 g/mol. The van der Waals surface area contributed by atoms with Gasteiger partial charge in [-0.05, 0) is 13.3 Å². The zero-order valence-corrected chi connectivity index (χ0v) is 9.06. The lowest BCUT2D eigenvalue weighted by Crippen LogP contribution is -2.29. The minimum Gasteiger partial charge on any atom is -0.291 e. The zero-order chi connectivity index (χ0) is 9.68. The molecule has 1 aliphatic heterocycles. The second-order valence-corrected chi connectivity index (χ2v) is 3.89. The van der Waals surface area contributed by atoms with Crippen LogP contribution in [0, 0.1) is 0 Å². The fraction of sp³-hybridized carbons (Fsp3) is 0.778. The van der Waals surface area contributed by atoms with Gasteiger partial charge in [0.05, 0.1) is 5.75 Å². The van der Waals surface area contributed by atoms with Crippen LogP contribution < -0.4 is 0 Å². The summed E-state index contributed by atoms with van der Waals surface area (Å²) >= 11 is 1.56. The maximum absolute atomic E-state index is 11.3. The van der Waals surface area contributed by atoms with E-state index in [-0.39, 0.29) is 5.91 Å². The first-order chi connectivity index (χ1) is 6.29. The summed E-state index contributed by atoms with van der Waals surface area (Å²) in [5.74, 6) is 0.765. The molecule has 3 nitrogen and oxygen atoms in total. The van der Waals surface area contributed by atoms with Gasteiger partial charge in [-0.3, -0.25) is 14.7 Å². The van der Waals surface area contributed by atoms with Crippen LogP contribution in [-0.4, -0.2) is 34.8 Å². The summed E-state index contributed by atoms with van der Waals surface area (Å²) in [5, 5.41) is 0.918. The van der Waals surface area contributed by atoms with Crippen LogP contribution in [0.4, 0.5) is 0 Å². The molecule has 0 N–H and O–H groups in total. The largest absolute Gasteiger partial charge is 0.291 e. The first-order valence-corrected chi connectivity index (χ1v) is 5.75. The first kappa shape index (κ1) is 10.6. The fourth-order valence-corrected chi connectivity index (χ4v) is 2.14. The maximum Gasteiger partial charge on any atom is 0.239 e. The van der Waals surface area contributed by atoms with Crippen molar-refractivity contribution >= 4 is 22.8 Å². The van der Waals surface area contributed by atoms with Crippen molar-refractivity contribution in [1.82, 2.24) is 4.90 Å². The van der Waals surface area contributed by atoms with Crippen LogP contribution in [0.5, 0.6) is 0 Å². The summed E-state index contributed by atoms with van der Waals surface area (Å²) in [6.07, 6.45) is 2.26. The van der Waals surface area contributed by atoms with Gasteiger partial charge < -0.3 is 0 Å². The van der Waals surface area contributed by atoms with Gasteiger partial charge in [-0.1, -0.05) is 25.1 Å². The highest BCUT2D eigenvalue weighted by molar-refractivity contribution is 8.15. The number of hydrogen-bond donors (Lipinski definition) is 0. The van der Waals surface area contributed by atoms with Crippen LogP contribution in [0.25, 0.3) is 0 Å². The fourth-order valence-electron chi connectivity index (χ4n) is 1.16. The van der Waals surface area contributed by atoms with Gasteiger partial charge in [0, 0.05) is 13.1 Å². The molecule has 0 atom stereocenters. The lowest BCUT2D eigenvalue weighted by atomic mass is 10.3. The number of aliphatic imine (C=N–C) groups is 1. The van der Waals surface area contributed by atoms with Crippen LogP contribution in [0.2, 0.25) is 0 Å². The molecule has 0 aromatic carbocycles. The minimum absolute atomic E-state index is 0.197. The Morgan fingerprint density at radius 1 is 1.54 bits per heavy atom. The minimum atomic E-state index is 0.197. The number of carbonyl (C=O) groups is 1. The number of carbonyl (C=O) groups excluding carboxylic acids is 1. The Labute approximate surface area is 83.6 Å². The molecule has 0 radical (unpaired) electrons. The Hall–Kier alpha value is -0.510. The highest BCUT2D eigenvalue weighted by atomic mass is 32.2. The van der Waals surface area contributed by atoms with Crippen LogP contribution in [0.3, 0.4) is 0 Å². The van der Waals surface area contributed by atoms with Crippen LogP contribution in [-0.2, 0) is 4.79 Å². The SMILES string of the molecule is CCCCN=C1SCC(=O)N1CC. The van der Waals surface area contributed by atoms with E-state index >= 15 is 0 Å². The second kappa shape index (κ2) is 5.27. The summed E-state index contributed by atoms with van der Waals surface area (Å²) in [7, 11) is 0. The van der Waals surface area contributed by atoms with E-state index in [0.717, 1.165) is 31.1 Å². The van der Waals surface area contributed by atoms with Gasteiger partial charge >= 0.3 is 0 Å². The van der Waals surface area contributed by atoms with Crippen molar-refractivity contribution in [2.75, 3.05) is 18.8 Å². The van der Waals surface area contributed by atoms with Crippen LogP contribution >= 0.6 is 11.8 Å². The lowest BCUT2D eigenvalue weighted by Gasteiger charge is -2.12. The van der Waals surface area contributed by atoms with Gasteiger partial charge in [0.2, 0.25) is 5.91 Å². The zero-order valence-electron chi connectivity index (χ0n) is 8.25. The van der Waals surface area contributed by atoms with Crippen molar-refractivity contribution in [2.24, 2.45) is 4.99 Å². The van der Waals surface area contributed by atoms with Crippen LogP contribution in [0.15, 0.2) is 4.99 Å². The highest BCUT2D eigenvalue weighted by Crippen LogP contribution is 2.18. The molecular weight excluding hydrogens is 184 g/mol. The van der Waals surface area contributed by atoms with Crippen molar-refractivity contribution in [2.45, 2.75) is 26.7 Å². The predicted molar refractivity (Wildman–Crippen MR) is 57.1 cm³/mol. The summed E-state index contributed by atoms with van der Waals surface area (Å²) in [4.78, 5) is 17.4. The van der Waals surface area contributed by atoms with E-state index in [2.05, 4.69) is 11.9 Å². The van der Waals surface area contributed by atoms with Crippen molar-refractivity contribution in [1.29, 1.82) is 0 Å². The number of amides is 1. The molecule has 74 valence electrons. The molecule has 1 heterocycles. The molecule has 1 aliphatic rings. The number of thioether (sulfide) groups is 1. The molecule has 0 saturated carbocycles. The third kappa shape index (κ3) is 2.72. The van der Waals surface area contributed by atoms with E-state index in [1.807, 2.05) is 6.92 Å². The van der Waals surface area contributed by atoms with Gasteiger partial charge in [0.25, 0.3) is 0 Å². The third-order valence-corrected chi connectivity index (χ3v) is 2.93. The number of amidine groups is 1. The highest BCUT2D eigenvalue weighted by Gasteiger charge is 2.25. The van der Waals surface area contributed by atoms with E-state index in [0.29, 0.717) is 5.75 Å². The molecule has 1 saturated heterocycles. The van der Waals surface area contributed by atoms with E-state index in [4.69, 9.17) is 0 Å². The Bertz CT molecular complexity index is 216. The summed E-state index contributed by atoms with van der Waals surface area (Å²) in [6.45, 7) is 5.73. The standard InChI is InChI=1S/C9H16N2OS/c1-3-5-6-10-9-11(4-2)8(12)7-13-9/h3-7H2,1-2H3. The van der Waals surface area contributed by atoms with Gasteiger partial charge in [-0.25, -0.2) is 0 Å². The van der Waals surface area contributed by atoms with Crippen molar-refractivity contribution in [3.63, 3.8) is 0 Å². The van der Waals surface area contributed by atoms with Crippen molar-refractivity contribution in [3.05, 3.63) is 0 Å². The number of rotatable bonds is 4. The molecule has 4 heteroatoms. The van der Waals surface area contributed by atoms with E-state index in [1.54, 1.807) is 16.7 Å². The molecule has 0 bridgehead atoms. The molecule has 1 fully saturated rings. The molecule has 0 spiro atoms. The Morgan fingerprint density at radius 2 is 2.31 bits per heavy atom. The number of nitrogens with zero attached hydrogens (tertiary/aromatic N) is 2. The van der Waals surface area contributed by atoms with E-state index < -0.39 is 0 Å². The summed E-state index contributed by atoms with van der Waals surface area (Å²) in [5.41, 5.74) is 0. The lowest BCUT2D eigenvalue weighted by molar-refractivity contribution is -0.123. The van der Waals surface area contributed by atoms with Crippen molar-refractivity contribution < 1.29 is 4.79 Å². The molecular formula is C9H16N2OS. The van der Waals surface area contributed by atoms with E-state index in [1.165, 1.54) is 0 Å². The van der Waals surface area contributed by atoms with Crippen LogP contribution in [0.1, 0.15) is 26.7 Å². The predicted octanol–water partition coefficient (Wildman–Crippen LogP) is 1.74. The Balaban J connectivity index is 2.49. The second-order valence-electron chi connectivity index (χ2n) is 2.94. The number of hydrogen-bond acceptors (Lipinski definition) is 3. The smallest absolute Gasteiger partial charge is 0.239 e. The molecule has 1 amide bonds. The first-order valence-electron chi connectivity index (χ1n) is 4.77. The Morgan fingerprint density at radius 3 is 2.92 bits per heavy atom. The molecule has 0 aromatic heterocycles. The Kier molecular flexibility index (Phi) is 4.28. The average Bonchev–Trinajstić information content (AvgIpc) is 2.47. The van der Waals surface area contributed by atoms with Gasteiger partial charge in [0.1, 0.15) is 0 Å². The molecule has 13 heavy (non-hydrogen) atoms. The quantitative estimate of drug-likeness (QED) is 0.647. The molecule has 0 aromatic rings.